The summed E-state index contributed by atoms with van der Waals surface area (Å²) in [4.78, 5) is 21.6. The summed E-state index contributed by atoms with van der Waals surface area (Å²) in [7, 11) is 0. The quantitative estimate of drug-likeness (QED) is 0.430. The second-order valence-corrected chi connectivity index (χ2v) is 8.24. The predicted octanol–water partition coefficient (Wildman–Crippen LogP) is 4.83. The number of para-hydroxylation sites is 1. The van der Waals surface area contributed by atoms with Gasteiger partial charge in [0.05, 0.1) is 17.3 Å². The van der Waals surface area contributed by atoms with Gasteiger partial charge < -0.3 is 10.6 Å². The number of halogens is 1. The lowest BCUT2D eigenvalue weighted by Crippen LogP contribution is -2.28. The second-order valence-electron chi connectivity index (χ2n) is 6.89. The SMILES string of the molecule is C[C@H](NC(=O)CSc1nc(NC2CC2)c2ccccc2n1)c1ccccc1Cl. The number of benzene rings is 2. The maximum Gasteiger partial charge on any atom is 0.230 e. The first-order valence-electron chi connectivity index (χ1n) is 9.30. The number of hydrogen-bond acceptors (Lipinski definition) is 5. The Bertz CT molecular complexity index is 1010. The largest absolute Gasteiger partial charge is 0.367 e. The van der Waals surface area contributed by atoms with Crippen LogP contribution in [0.15, 0.2) is 53.7 Å². The Morgan fingerprint density at radius 3 is 2.71 bits per heavy atom. The molecule has 1 aliphatic rings. The Hall–Kier alpha value is -2.31. The summed E-state index contributed by atoms with van der Waals surface area (Å²) in [6.45, 7) is 1.92. The van der Waals surface area contributed by atoms with Crippen molar-refractivity contribution >= 4 is 46.0 Å². The smallest absolute Gasteiger partial charge is 0.230 e. The number of fused-ring (bicyclic) bond motifs is 1. The molecule has 2 aromatic carbocycles. The van der Waals surface area contributed by atoms with Gasteiger partial charge in [-0.3, -0.25) is 4.79 Å². The van der Waals surface area contributed by atoms with Crippen molar-refractivity contribution in [3.8, 4) is 0 Å². The molecule has 1 saturated carbocycles. The number of thioether (sulfide) groups is 1. The molecule has 3 aromatic rings. The molecule has 0 bridgehead atoms. The molecule has 0 spiro atoms. The molecule has 1 aliphatic carbocycles. The van der Waals surface area contributed by atoms with E-state index in [0.29, 0.717) is 16.2 Å². The molecule has 5 nitrogen and oxygen atoms in total. The summed E-state index contributed by atoms with van der Waals surface area (Å²) in [5.41, 5.74) is 1.79. The Kier molecular flexibility index (Phi) is 5.69. The van der Waals surface area contributed by atoms with Crippen molar-refractivity contribution in [3.05, 3.63) is 59.1 Å². The highest BCUT2D eigenvalue weighted by atomic mass is 35.5. The van der Waals surface area contributed by atoms with Crippen molar-refractivity contribution in [1.82, 2.24) is 15.3 Å². The van der Waals surface area contributed by atoms with Crippen LogP contribution in [0.5, 0.6) is 0 Å². The normalized spacial score (nSPS) is 14.6. The Morgan fingerprint density at radius 2 is 1.93 bits per heavy atom. The summed E-state index contributed by atoms with van der Waals surface area (Å²) >= 11 is 7.55. The van der Waals surface area contributed by atoms with Gasteiger partial charge in [-0.2, -0.15) is 0 Å². The second kappa shape index (κ2) is 8.37. The average molecular weight is 413 g/mol. The van der Waals surface area contributed by atoms with Crippen molar-refractivity contribution in [2.45, 2.75) is 37.0 Å². The van der Waals surface area contributed by atoms with Gasteiger partial charge in [0.2, 0.25) is 5.91 Å². The maximum atomic E-state index is 12.4. The fourth-order valence-corrected chi connectivity index (χ4v) is 3.93. The van der Waals surface area contributed by atoms with Crippen LogP contribution in [-0.4, -0.2) is 27.7 Å². The first kappa shape index (κ1) is 19.0. The number of rotatable bonds is 7. The molecule has 2 N–H and O–H groups in total. The molecule has 7 heteroatoms. The van der Waals surface area contributed by atoms with Crippen LogP contribution in [0.3, 0.4) is 0 Å². The van der Waals surface area contributed by atoms with Crippen LogP contribution in [0.1, 0.15) is 31.4 Å². The van der Waals surface area contributed by atoms with Crippen LogP contribution < -0.4 is 10.6 Å². The van der Waals surface area contributed by atoms with E-state index in [4.69, 9.17) is 11.6 Å². The minimum atomic E-state index is -0.161. The highest BCUT2D eigenvalue weighted by Crippen LogP contribution is 2.30. The molecule has 0 unspecified atom stereocenters. The third-order valence-corrected chi connectivity index (χ3v) is 5.77. The lowest BCUT2D eigenvalue weighted by molar-refractivity contribution is -0.119. The number of nitrogens with one attached hydrogen (secondary N) is 2. The zero-order chi connectivity index (χ0) is 19.5. The summed E-state index contributed by atoms with van der Waals surface area (Å²) in [5, 5.41) is 8.71. The number of carbonyl (C=O) groups excluding carboxylic acids is 1. The molecule has 1 atom stereocenters. The molecule has 0 saturated heterocycles. The van der Waals surface area contributed by atoms with Crippen LogP contribution in [0, 0.1) is 0 Å². The van der Waals surface area contributed by atoms with Gasteiger partial charge in [-0.05, 0) is 43.5 Å². The van der Waals surface area contributed by atoms with Gasteiger partial charge in [0, 0.05) is 16.5 Å². The van der Waals surface area contributed by atoms with Crippen LogP contribution >= 0.6 is 23.4 Å². The van der Waals surface area contributed by atoms with Crippen molar-refractivity contribution < 1.29 is 4.79 Å². The molecule has 0 aliphatic heterocycles. The zero-order valence-electron chi connectivity index (χ0n) is 15.5. The van der Waals surface area contributed by atoms with Crippen molar-refractivity contribution in [2.24, 2.45) is 0 Å². The molecular formula is C21H21ClN4OS. The fourth-order valence-electron chi connectivity index (χ4n) is 2.97. The Morgan fingerprint density at radius 1 is 1.18 bits per heavy atom. The monoisotopic (exact) mass is 412 g/mol. The van der Waals surface area contributed by atoms with Crippen LogP contribution in [0.25, 0.3) is 10.9 Å². The number of carbonyl (C=O) groups is 1. The molecule has 4 rings (SSSR count). The van der Waals surface area contributed by atoms with Gasteiger partial charge >= 0.3 is 0 Å². The van der Waals surface area contributed by atoms with E-state index >= 15 is 0 Å². The number of aromatic nitrogens is 2. The molecule has 1 fully saturated rings. The van der Waals surface area contributed by atoms with E-state index in [1.165, 1.54) is 24.6 Å². The van der Waals surface area contributed by atoms with Gasteiger partial charge in [-0.1, -0.05) is 53.7 Å². The van der Waals surface area contributed by atoms with E-state index in [1.807, 2.05) is 55.5 Å². The molecule has 0 radical (unpaired) electrons. The number of anilines is 1. The summed E-state index contributed by atoms with van der Waals surface area (Å²) in [6.07, 6.45) is 2.34. The van der Waals surface area contributed by atoms with Gasteiger partial charge in [-0.25, -0.2) is 9.97 Å². The Labute approximate surface area is 173 Å². The van der Waals surface area contributed by atoms with E-state index in [1.54, 1.807) is 0 Å². The minimum Gasteiger partial charge on any atom is -0.367 e. The van der Waals surface area contributed by atoms with Crippen molar-refractivity contribution in [1.29, 1.82) is 0 Å². The van der Waals surface area contributed by atoms with Crippen molar-refractivity contribution in [3.63, 3.8) is 0 Å². The van der Waals surface area contributed by atoms with Gasteiger partial charge in [0.25, 0.3) is 0 Å². The van der Waals surface area contributed by atoms with Crippen LogP contribution in [0.2, 0.25) is 5.02 Å². The number of amides is 1. The first-order chi connectivity index (χ1) is 13.6. The summed E-state index contributed by atoms with van der Waals surface area (Å²) in [5.74, 6) is 1.02. The fraction of sp³-hybridized carbons (Fsp3) is 0.286. The predicted molar refractivity (Wildman–Crippen MR) is 115 cm³/mol. The van der Waals surface area contributed by atoms with Crippen molar-refractivity contribution in [2.75, 3.05) is 11.1 Å². The summed E-state index contributed by atoms with van der Waals surface area (Å²) < 4.78 is 0. The van der Waals surface area contributed by atoms with E-state index < -0.39 is 0 Å². The van der Waals surface area contributed by atoms with E-state index in [2.05, 4.69) is 20.6 Å². The minimum absolute atomic E-state index is 0.0779. The molecule has 28 heavy (non-hydrogen) atoms. The highest BCUT2D eigenvalue weighted by molar-refractivity contribution is 7.99. The lowest BCUT2D eigenvalue weighted by atomic mass is 10.1. The van der Waals surface area contributed by atoms with Gasteiger partial charge in [0.15, 0.2) is 5.16 Å². The Balaban J connectivity index is 1.43. The van der Waals surface area contributed by atoms with Gasteiger partial charge in [0.1, 0.15) is 5.82 Å². The van der Waals surface area contributed by atoms with Gasteiger partial charge in [-0.15, -0.1) is 0 Å². The van der Waals surface area contributed by atoms with E-state index in [9.17, 15) is 4.79 Å². The van der Waals surface area contributed by atoms with Crippen LogP contribution in [-0.2, 0) is 4.79 Å². The average Bonchev–Trinajstić information content (AvgIpc) is 3.51. The standard InChI is InChI=1S/C21H21ClN4OS/c1-13(15-6-2-4-8-17(15)22)23-19(27)12-28-21-25-18-9-5-3-7-16(18)20(26-21)24-14-10-11-14/h2-9,13-14H,10-12H2,1H3,(H,23,27)(H,24,25,26)/t13-/m0/s1. The molecule has 1 amide bonds. The molecule has 144 valence electrons. The lowest BCUT2D eigenvalue weighted by Gasteiger charge is -2.15. The molecule has 1 heterocycles. The zero-order valence-corrected chi connectivity index (χ0v) is 17.1. The topological polar surface area (TPSA) is 66.9 Å². The summed E-state index contributed by atoms with van der Waals surface area (Å²) in [6, 6.07) is 15.8. The third kappa shape index (κ3) is 4.56. The van der Waals surface area contributed by atoms with E-state index in [0.717, 1.165) is 22.3 Å². The maximum absolute atomic E-state index is 12.4. The molecular weight excluding hydrogens is 392 g/mol. The molecule has 1 aromatic heterocycles. The van der Waals surface area contributed by atoms with Crippen LogP contribution in [0.4, 0.5) is 5.82 Å². The first-order valence-corrected chi connectivity index (χ1v) is 10.7. The number of hydrogen-bond donors (Lipinski definition) is 2. The highest BCUT2D eigenvalue weighted by Gasteiger charge is 2.23. The van der Waals surface area contributed by atoms with E-state index in [-0.39, 0.29) is 17.7 Å². The third-order valence-electron chi connectivity index (χ3n) is 4.58. The number of nitrogens with zero attached hydrogens (tertiary/aromatic N) is 2.